The van der Waals surface area contributed by atoms with E-state index in [-0.39, 0.29) is 26.1 Å². The van der Waals surface area contributed by atoms with Gasteiger partial charge in [0.15, 0.2) is 6.10 Å². The first-order chi connectivity index (χ1) is 12.8. The van der Waals surface area contributed by atoms with Crippen LogP contribution in [0.15, 0.2) is 0 Å². The Morgan fingerprint density at radius 1 is 0.852 bits per heavy atom. The zero-order chi connectivity index (χ0) is 20.5. The zero-order valence-corrected chi connectivity index (χ0v) is 17.7. The third-order valence-electron chi connectivity index (χ3n) is 3.66. The van der Waals surface area contributed by atoms with Crippen LogP contribution in [0.2, 0.25) is 0 Å². The number of carbonyl (C=O) groups is 2. The second kappa shape index (κ2) is 16.0. The van der Waals surface area contributed by atoms with Crippen LogP contribution >= 0.6 is 7.82 Å². The molecular formula is C18H35O8P. The largest absolute Gasteiger partial charge is 0.472 e. The molecule has 0 amide bonds. The molecule has 0 saturated heterocycles. The van der Waals surface area contributed by atoms with Crippen molar-refractivity contribution in [2.45, 2.75) is 84.7 Å². The average molecular weight is 410 g/mol. The van der Waals surface area contributed by atoms with Crippen molar-refractivity contribution in [1.82, 2.24) is 0 Å². The van der Waals surface area contributed by atoms with E-state index in [0.29, 0.717) is 12.8 Å². The molecule has 0 aliphatic rings. The fourth-order valence-electron chi connectivity index (χ4n) is 2.19. The Kier molecular flexibility index (Phi) is 15.5. The summed E-state index contributed by atoms with van der Waals surface area (Å²) in [4.78, 5) is 33.1. The van der Waals surface area contributed by atoms with Gasteiger partial charge in [-0.15, -0.1) is 0 Å². The lowest BCUT2D eigenvalue weighted by molar-refractivity contribution is -0.161. The maximum absolute atomic E-state index is 12.0. The van der Waals surface area contributed by atoms with Gasteiger partial charge in [0.05, 0.1) is 13.2 Å². The molecule has 0 fully saturated rings. The lowest BCUT2D eigenvalue weighted by Gasteiger charge is -2.19. The van der Waals surface area contributed by atoms with Gasteiger partial charge in [-0.3, -0.25) is 18.6 Å². The van der Waals surface area contributed by atoms with Gasteiger partial charge in [0.2, 0.25) is 0 Å². The Morgan fingerprint density at radius 3 is 2.11 bits per heavy atom. The van der Waals surface area contributed by atoms with E-state index in [9.17, 15) is 19.0 Å². The topological polar surface area (TPSA) is 108 Å². The van der Waals surface area contributed by atoms with Crippen LogP contribution in [0.3, 0.4) is 0 Å². The fraction of sp³-hybridized carbons (Fsp3) is 0.889. The highest BCUT2D eigenvalue weighted by atomic mass is 31.2. The number of esters is 2. The molecule has 0 rings (SSSR count). The highest BCUT2D eigenvalue weighted by Crippen LogP contribution is 2.43. The number of carbonyl (C=O) groups excluding carboxylic acids is 2. The van der Waals surface area contributed by atoms with Gasteiger partial charge >= 0.3 is 19.8 Å². The lowest BCUT2D eigenvalue weighted by atomic mass is 10.1. The molecule has 0 aromatic rings. The van der Waals surface area contributed by atoms with Gasteiger partial charge in [-0.05, 0) is 19.8 Å². The van der Waals surface area contributed by atoms with Gasteiger partial charge in [-0.1, -0.05) is 46.0 Å². The Balaban J connectivity index is 4.46. The smallest absolute Gasteiger partial charge is 0.462 e. The highest BCUT2D eigenvalue weighted by molar-refractivity contribution is 7.47. The number of unbranched alkanes of at least 4 members (excludes halogenated alkanes) is 5. The van der Waals surface area contributed by atoms with Crippen LogP contribution in [-0.2, 0) is 32.7 Å². The predicted octanol–water partition coefficient (Wildman–Crippen LogP) is 4.15. The quantitative estimate of drug-likeness (QED) is 0.216. The minimum absolute atomic E-state index is 0.00198. The molecule has 0 spiro atoms. The van der Waals surface area contributed by atoms with E-state index in [4.69, 9.17) is 14.0 Å². The Labute approximate surface area is 162 Å². The monoisotopic (exact) mass is 410 g/mol. The molecule has 8 nitrogen and oxygen atoms in total. The first-order valence-electron chi connectivity index (χ1n) is 9.81. The summed E-state index contributed by atoms with van der Waals surface area (Å²) >= 11 is 0. The molecule has 0 bridgehead atoms. The molecule has 27 heavy (non-hydrogen) atoms. The van der Waals surface area contributed by atoms with Gasteiger partial charge in [-0.2, -0.15) is 0 Å². The normalized spacial score (nSPS) is 14.4. The van der Waals surface area contributed by atoms with Crippen LogP contribution in [0.1, 0.15) is 78.6 Å². The van der Waals surface area contributed by atoms with Crippen molar-refractivity contribution >= 4 is 19.8 Å². The number of hydrogen-bond donors (Lipinski definition) is 1. The van der Waals surface area contributed by atoms with E-state index >= 15 is 0 Å². The summed E-state index contributed by atoms with van der Waals surface area (Å²) in [6.07, 6.45) is 6.07. The van der Waals surface area contributed by atoms with Crippen molar-refractivity contribution in [3.05, 3.63) is 0 Å². The van der Waals surface area contributed by atoms with Gasteiger partial charge in [-0.25, -0.2) is 4.57 Å². The minimum atomic E-state index is -4.22. The van der Waals surface area contributed by atoms with Crippen LogP contribution in [0.25, 0.3) is 0 Å². The summed E-state index contributed by atoms with van der Waals surface area (Å²) in [6, 6.07) is 0. The molecule has 2 atom stereocenters. The Morgan fingerprint density at radius 2 is 1.48 bits per heavy atom. The predicted molar refractivity (Wildman–Crippen MR) is 101 cm³/mol. The van der Waals surface area contributed by atoms with Crippen LogP contribution in [0.4, 0.5) is 0 Å². The third-order valence-corrected chi connectivity index (χ3v) is 4.72. The van der Waals surface area contributed by atoms with Crippen molar-refractivity contribution in [3.63, 3.8) is 0 Å². The maximum Gasteiger partial charge on any atom is 0.472 e. The second-order valence-electron chi connectivity index (χ2n) is 6.24. The average Bonchev–Trinajstić information content (AvgIpc) is 2.62. The van der Waals surface area contributed by atoms with Gasteiger partial charge in [0.25, 0.3) is 0 Å². The van der Waals surface area contributed by atoms with Crippen molar-refractivity contribution in [2.75, 3.05) is 19.8 Å². The maximum atomic E-state index is 12.0. The fourth-order valence-corrected chi connectivity index (χ4v) is 2.95. The molecule has 0 saturated carbocycles. The second-order valence-corrected chi connectivity index (χ2v) is 7.70. The van der Waals surface area contributed by atoms with Crippen LogP contribution in [-0.4, -0.2) is 42.8 Å². The van der Waals surface area contributed by atoms with E-state index in [1.165, 1.54) is 0 Å². The molecule has 0 heterocycles. The molecule has 0 aliphatic carbocycles. The van der Waals surface area contributed by atoms with Crippen LogP contribution in [0, 0.1) is 0 Å². The molecule has 0 aromatic carbocycles. The van der Waals surface area contributed by atoms with E-state index in [1.807, 2.05) is 6.92 Å². The number of phosphoric ester groups is 1. The summed E-state index contributed by atoms with van der Waals surface area (Å²) in [5.41, 5.74) is 0. The first-order valence-corrected chi connectivity index (χ1v) is 11.3. The molecule has 1 N–H and O–H groups in total. The van der Waals surface area contributed by atoms with Gasteiger partial charge in [0, 0.05) is 12.8 Å². The van der Waals surface area contributed by atoms with Crippen LogP contribution in [0.5, 0.6) is 0 Å². The standard InChI is InChI=1S/C18H35O8P/c1-4-7-9-10-11-13-18(20)26-16(14-23-17(19)12-8-5-2)15-25-27(21,22)24-6-3/h16H,4-15H2,1-3H3,(H,21,22)/t16-/m1/s1. The summed E-state index contributed by atoms with van der Waals surface area (Å²) in [5.74, 6) is -0.858. The van der Waals surface area contributed by atoms with Gasteiger partial charge < -0.3 is 14.4 Å². The third kappa shape index (κ3) is 15.8. The summed E-state index contributed by atoms with van der Waals surface area (Å²) in [5, 5.41) is 0. The Bertz CT molecular complexity index is 455. The summed E-state index contributed by atoms with van der Waals surface area (Å²) in [7, 11) is -4.22. The van der Waals surface area contributed by atoms with Crippen molar-refractivity contribution < 1.29 is 37.6 Å². The number of phosphoric acid groups is 1. The number of rotatable bonds is 17. The van der Waals surface area contributed by atoms with Crippen molar-refractivity contribution in [3.8, 4) is 0 Å². The molecule has 160 valence electrons. The highest BCUT2D eigenvalue weighted by Gasteiger charge is 2.25. The number of hydrogen-bond acceptors (Lipinski definition) is 7. The number of ether oxygens (including phenoxy) is 2. The van der Waals surface area contributed by atoms with Gasteiger partial charge in [0.1, 0.15) is 6.61 Å². The lowest BCUT2D eigenvalue weighted by Crippen LogP contribution is -2.29. The van der Waals surface area contributed by atoms with Crippen molar-refractivity contribution in [1.29, 1.82) is 0 Å². The van der Waals surface area contributed by atoms with Crippen molar-refractivity contribution in [2.24, 2.45) is 0 Å². The van der Waals surface area contributed by atoms with E-state index < -0.39 is 32.5 Å². The molecule has 9 heteroatoms. The molecule has 0 aromatic heterocycles. The van der Waals surface area contributed by atoms with E-state index in [0.717, 1.165) is 32.1 Å². The Hall–Kier alpha value is -0.950. The minimum Gasteiger partial charge on any atom is -0.462 e. The summed E-state index contributed by atoms with van der Waals surface area (Å²) in [6.45, 7) is 5.01. The molecular weight excluding hydrogens is 375 g/mol. The molecule has 0 aliphatic heterocycles. The SMILES string of the molecule is CCCCCCCC(=O)O[C@H](COC(=O)CCCC)COP(=O)(O)OCC. The zero-order valence-electron chi connectivity index (χ0n) is 16.8. The van der Waals surface area contributed by atoms with E-state index in [2.05, 4.69) is 11.4 Å². The van der Waals surface area contributed by atoms with E-state index in [1.54, 1.807) is 6.92 Å². The van der Waals surface area contributed by atoms with Crippen LogP contribution < -0.4 is 0 Å². The molecule has 1 unspecified atom stereocenters. The summed E-state index contributed by atoms with van der Waals surface area (Å²) < 4.78 is 31.4. The molecule has 0 radical (unpaired) electrons. The first kappa shape index (κ1) is 26.1.